The first kappa shape index (κ1) is 19.0. The van der Waals surface area contributed by atoms with E-state index in [1.54, 1.807) is 25.4 Å². The molecule has 2 aromatic carbocycles. The summed E-state index contributed by atoms with van der Waals surface area (Å²) in [6, 6.07) is 19.9. The van der Waals surface area contributed by atoms with Crippen LogP contribution in [0.5, 0.6) is 11.6 Å². The van der Waals surface area contributed by atoms with Gasteiger partial charge in [-0.05, 0) is 48.2 Å². The maximum atomic E-state index is 13.0. The highest BCUT2D eigenvalue weighted by atomic mass is 16.5. The van der Waals surface area contributed by atoms with Gasteiger partial charge in [-0.25, -0.2) is 4.98 Å². The molecule has 4 rings (SSSR count). The van der Waals surface area contributed by atoms with Gasteiger partial charge in [0.15, 0.2) is 0 Å². The molecule has 0 aliphatic carbocycles. The van der Waals surface area contributed by atoms with Crippen LogP contribution in [0.2, 0.25) is 0 Å². The molecule has 1 aliphatic rings. The summed E-state index contributed by atoms with van der Waals surface area (Å²) >= 11 is 0. The van der Waals surface area contributed by atoms with E-state index in [1.165, 1.54) is 5.56 Å². The number of carbonyl (C=O) groups excluding carboxylic acids is 1. The number of carbonyl (C=O) groups is 1. The van der Waals surface area contributed by atoms with Crippen LogP contribution in [0.3, 0.4) is 0 Å². The van der Waals surface area contributed by atoms with Gasteiger partial charge in [0, 0.05) is 24.8 Å². The van der Waals surface area contributed by atoms with Crippen molar-refractivity contribution in [3.8, 4) is 11.6 Å². The Balaban J connectivity index is 1.49. The Morgan fingerprint density at radius 2 is 1.93 bits per heavy atom. The molecule has 3 aromatic rings. The Hall–Kier alpha value is -3.34. The zero-order chi connectivity index (χ0) is 20.2. The second kappa shape index (κ2) is 8.35. The molecule has 1 aromatic heterocycles. The molecule has 0 spiro atoms. The average molecular weight is 388 g/mol. The van der Waals surface area contributed by atoms with Crippen LogP contribution in [0.25, 0.3) is 0 Å². The molecule has 1 amide bonds. The fourth-order valence-corrected chi connectivity index (χ4v) is 3.61. The smallest absolute Gasteiger partial charge is 0.255 e. The molecule has 29 heavy (non-hydrogen) atoms. The minimum atomic E-state index is -0.0195. The van der Waals surface area contributed by atoms with E-state index in [-0.39, 0.29) is 11.9 Å². The number of fused-ring (bicyclic) bond motifs is 1. The first-order valence-electron chi connectivity index (χ1n) is 9.73. The number of rotatable bonds is 5. The molecule has 0 N–H and O–H groups in total. The van der Waals surface area contributed by atoms with Crippen LogP contribution in [-0.2, 0) is 19.6 Å². The minimum absolute atomic E-state index is 0.0195. The highest BCUT2D eigenvalue weighted by Crippen LogP contribution is 2.28. The second-order valence-electron chi connectivity index (χ2n) is 7.28. The molecular weight excluding hydrogens is 364 g/mol. The van der Waals surface area contributed by atoms with Gasteiger partial charge in [0.25, 0.3) is 5.91 Å². The second-order valence-corrected chi connectivity index (χ2v) is 7.28. The van der Waals surface area contributed by atoms with Crippen LogP contribution in [0, 0.1) is 0 Å². The number of pyridine rings is 1. The van der Waals surface area contributed by atoms with E-state index in [4.69, 9.17) is 9.47 Å². The number of aromatic nitrogens is 1. The highest BCUT2D eigenvalue weighted by molar-refractivity contribution is 5.94. The molecule has 1 unspecified atom stereocenters. The van der Waals surface area contributed by atoms with E-state index >= 15 is 0 Å². The Labute approximate surface area is 170 Å². The van der Waals surface area contributed by atoms with Crippen molar-refractivity contribution in [1.29, 1.82) is 0 Å². The van der Waals surface area contributed by atoms with E-state index in [9.17, 15) is 4.79 Å². The standard InChI is InChI=1S/C24H24N2O3/c1-17-12-19-8-10-22(29-16-18-6-4-3-5-7-18)13-21(19)15-26(17)24(27)20-9-11-23(28-2)25-14-20/h3-11,13-14,17H,12,15-16H2,1-2H3. The summed E-state index contributed by atoms with van der Waals surface area (Å²) in [6.07, 6.45) is 2.40. The summed E-state index contributed by atoms with van der Waals surface area (Å²) in [5, 5.41) is 0. The maximum Gasteiger partial charge on any atom is 0.255 e. The summed E-state index contributed by atoms with van der Waals surface area (Å²) in [5.74, 6) is 1.30. The van der Waals surface area contributed by atoms with Gasteiger partial charge in [0.2, 0.25) is 5.88 Å². The third-order valence-corrected chi connectivity index (χ3v) is 5.27. The molecule has 5 heteroatoms. The zero-order valence-electron chi connectivity index (χ0n) is 16.7. The van der Waals surface area contributed by atoms with Crippen molar-refractivity contribution in [3.63, 3.8) is 0 Å². The summed E-state index contributed by atoms with van der Waals surface area (Å²) in [7, 11) is 1.56. The molecule has 148 valence electrons. The predicted octanol–water partition coefficient (Wildman–Crippen LogP) is 4.26. The lowest BCUT2D eigenvalue weighted by Crippen LogP contribution is -2.42. The van der Waals surface area contributed by atoms with Crippen molar-refractivity contribution in [2.45, 2.75) is 32.5 Å². The van der Waals surface area contributed by atoms with Gasteiger partial charge in [0.1, 0.15) is 12.4 Å². The Bertz CT molecular complexity index is 987. The minimum Gasteiger partial charge on any atom is -0.489 e. The van der Waals surface area contributed by atoms with Crippen LogP contribution >= 0.6 is 0 Å². The molecule has 5 nitrogen and oxygen atoms in total. The number of methoxy groups -OCH3 is 1. The Morgan fingerprint density at radius 1 is 1.10 bits per heavy atom. The van der Waals surface area contributed by atoms with Crippen molar-refractivity contribution in [3.05, 3.63) is 89.1 Å². The lowest BCUT2D eigenvalue weighted by atomic mass is 9.94. The van der Waals surface area contributed by atoms with E-state index in [0.717, 1.165) is 23.3 Å². The molecule has 1 aliphatic heterocycles. The molecular formula is C24H24N2O3. The van der Waals surface area contributed by atoms with Gasteiger partial charge in [0.05, 0.1) is 12.7 Å². The van der Waals surface area contributed by atoms with Gasteiger partial charge in [-0.2, -0.15) is 0 Å². The van der Waals surface area contributed by atoms with Gasteiger partial charge in [-0.3, -0.25) is 4.79 Å². The molecule has 0 saturated heterocycles. The fourth-order valence-electron chi connectivity index (χ4n) is 3.61. The summed E-state index contributed by atoms with van der Waals surface area (Å²) < 4.78 is 11.0. The van der Waals surface area contributed by atoms with Gasteiger partial charge in [-0.15, -0.1) is 0 Å². The largest absolute Gasteiger partial charge is 0.489 e. The average Bonchev–Trinajstić information content (AvgIpc) is 2.77. The van der Waals surface area contributed by atoms with Crippen molar-refractivity contribution >= 4 is 5.91 Å². The Morgan fingerprint density at radius 3 is 2.66 bits per heavy atom. The van der Waals surface area contributed by atoms with Crippen LogP contribution in [0.1, 0.15) is 34.0 Å². The van der Waals surface area contributed by atoms with Crippen molar-refractivity contribution in [2.24, 2.45) is 0 Å². The summed E-state index contributed by atoms with van der Waals surface area (Å²) in [4.78, 5) is 19.1. The lowest BCUT2D eigenvalue weighted by molar-refractivity contribution is 0.0657. The van der Waals surface area contributed by atoms with Crippen LogP contribution < -0.4 is 9.47 Å². The number of amides is 1. The zero-order valence-corrected chi connectivity index (χ0v) is 16.7. The first-order valence-corrected chi connectivity index (χ1v) is 9.73. The van der Waals surface area contributed by atoms with E-state index < -0.39 is 0 Å². The molecule has 0 fully saturated rings. The monoisotopic (exact) mass is 388 g/mol. The molecule has 0 saturated carbocycles. The van der Waals surface area contributed by atoms with Crippen molar-refractivity contribution in [2.75, 3.05) is 7.11 Å². The van der Waals surface area contributed by atoms with Gasteiger partial charge in [-0.1, -0.05) is 36.4 Å². The SMILES string of the molecule is COc1ccc(C(=O)N2Cc3cc(OCc4ccccc4)ccc3CC2C)cn1. The normalized spacial score (nSPS) is 15.5. The first-order chi connectivity index (χ1) is 14.1. The summed E-state index contributed by atoms with van der Waals surface area (Å²) in [5.41, 5.74) is 4.09. The third kappa shape index (κ3) is 4.24. The molecule has 2 heterocycles. The molecule has 0 bridgehead atoms. The van der Waals surface area contributed by atoms with Crippen molar-refractivity contribution in [1.82, 2.24) is 9.88 Å². The van der Waals surface area contributed by atoms with Gasteiger partial charge >= 0.3 is 0 Å². The Kier molecular flexibility index (Phi) is 5.47. The topological polar surface area (TPSA) is 51.7 Å². The van der Waals surface area contributed by atoms with E-state index in [1.807, 2.05) is 41.3 Å². The van der Waals surface area contributed by atoms with Crippen molar-refractivity contribution < 1.29 is 14.3 Å². The third-order valence-electron chi connectivity index (χ3n) is 5.27. The number of nitrogens with zero attached hydrogens (tertiary/aromatic N) is 2. The van der Waals surface area contributed by atoms with E-state index in [0.29, 0.717) is 24.6 Å². The van der Waals surface area contributed by atoms with Crippen LogP contribution in [0.15, 0.2) is 66.9 Å². The van der Waals surface area contributed by atoms with Crippen LogP contribution in [0.4, 0.5) is 0 Å². The molecule has 0 radical (unpaired) electrons. The summed E-state index contributed by atoms with van der Waals surface area (Å²) in [6.45, 7) is 3.16. The number of hydrogen-bond donors (Lipinski definition) is 0. The molecule has 1 atom stereocenters. The quantitative estimate of drug-likeness (QED) is 0.655. The lowest BCUT2D eigenvalue weighted by Gasteiger charge is -2.35. The fraction of sp³-hybridized carbons (Fsp3) is 0.250. The maximum absolute atomic E-state index is 13.0. The van der Waals surface area contributed by atoms with Gasteiger partial charge < -0.3 is 14.4 Å². The number of ether oxygens (including phenoxy) is 2. The number of benzene rings is 2. The van der Waals surface area contributed by atoms with E-state index in [2.05, 4.69) is 24.0 Å². The highest BCUT2D eigenvalue weighted by Gasteiger charge is 2.28. The number of hydrogen-bond acceptors (Lipinski definition) is 4. The van der Waals surface area contributed by atoms with Crippen LogP contribution in [-0.4, -0.2) is 28.9 Å². The predicted molar refractivity (Wildman–Crippen MR) is 111 cm³/mol.